The Balaban J connectivity index is 2.25. The Kier molecular flexibility index (Phi) is 4.08. The predicted octanol–water partition coefficient (Wildman–Crippen LogP) is 3.91. The molecule has 104 valence electrons. The fourth-order valence-electron chi connectivity index (χ4n) is 2.12. The maximum atomic E-state index is 12.3. The molecule has 0 saturated carbocycles. The highest BCUT2D eigenvalue weighted by atomic mass is 16.1. The number of amides is 1. The summed E-state index contributed by atoms with van der Waals surface area (Å²) in [5, 5.41) is 6.08. The topological polar surface area (TPSA) is 41.1 Å². The van der Waals surface area contributed by atoms with Crippen molar-refractivity contribution < 1.29 is 4.79 Å². The first-order valence-corrected chi connectivity index (χ1v) is 6.69. The summed E-state index contributed by atoms with van der Waals surface area (Å²) in [4.78, 5) is 12.3. The van der Waals surface area contributed by atoms with E-state index >= 15 is 0 Å². The summed E-state index contributed by atoms with van der Waals surface area (Å²) < 4.78 is 0. The van der Waals surface area contributed by atoms with E-state index in [-0.39, 0.29) is 5.91 Å². The maximum Gasteiger partial charge on any atom is 0.255 e. The highest BCUT2D eigenvalue weighted by molar-refractivity contribution is 6.05. The van der Waals surface area contributed by atoms with Crippen molar-refractivity contribution in [1.29, 1.82) is 0 Å². The van der Waals surface area contributed by atoms with Gasteiger partial charge in [0.1, 0.15) is 0 Å². The maximum absolute atomic E-state index is 12.3. The van der Waals surface area contributed by atoms with Crippen LogP contribution in [0.2, 0.25) is 0 Å². The summed E-state index contributed by atoms with van der Waals surface area (Å²) in [6.45, 7) is 6.04. The molecule has 2 N–H and O–H groups in total. The van der Waals surface area contributed by atoms with Gasteiger partial charge in [-0.15, -0.1) is 0 Å². The second-order valence-corrected chi connectivity index (χ2v) is 4.98. The largest absolute Gasteiger partial charge is 0.388 e. The van der Waals surface area contributed by atoms with Gasteiger partial charge in [-0.1, -0.05) is 12.1 Å². The number of aryl methyl sites for hydroxylation is 2. The SMILES string of the molecule is CNc1cccc(NC(=O)c2ccc(C)c(C)c2)c1C. The Labute approximate surface area is 120 Å². The van der Waals surface area contributed by atoms with E-state index < -0.39 is 0 Å². The van der Waals surface area contributed by atoms with Gasteiger partial charge in [0.25, 0.3) is 5.91 Å². The lowest BCUT2D eigenvalue weighted by Gasteiger charge is -2.12. The molecular formula is C17H20N2O. The Morgan fingerprint density at radius 3 is 2.30 bits per heavy atom. The van der Waals surface area contributed by atoms with Crippen molar-refractivity contribution in [1.82, 2.24) is 0 Å². The molecule has 0 aliphatic heterocycles. The number of benzene rings is 2. The summed E-state index contributed by atoms with van der Waals surface area (Å²) in [6, 6.07) is 11.6. The third-order valence-corrected chi connectivity index (χ3v) is 3.62. The van der Waals surface area contributed by atoms with Crippen LogP contribution in [0, 0.1) is 20.8 Å². The number of carbonyl (C=O) groups excluding carboxylic acids is 1. The molecule has 3 nitrogen and oxygen atoms in total. The zero-order valence-corrected chi connectivity index (χ0v) is 12.4. The summed E-state index contributed by atoms with van der Waals surface area (Å²) >= 11 is 0. The quantitative estimate of drug-likeness (QED) is 0.886. The lowest BCUT2D eigenvalue weighted by atomic mass is 10.1. The van der Waals surface area contributed by atoms with E-state index in [1.165, 1.54) is 5.56 Å². The van der Waals surface area contributed by atoms with Crippen molar-refractivity contribution in [2.75, 3.05) is 17.7 Å². The van der Waals surface area contributed by atoms with Gasteiger partial charge >= 0.3 is 0 Å². The van der Waals surface area contributed by atoms with Gasteiger partial charge in [-0.25, -0.2) is 0 Å². The van der Waals surface area contributed by atoms with Crippen LogP contribution in [0.1, 0.15) is 27.0 Å². The van der Waals surface area contributed by atoms with Crippen LogP contribution in [0.4, 0.5) is 11.4 Å². The molecule has 0 aromatic heterocycles. The second-order valence-electron chi connectivity index (χ2n) is 4.98. The molecule has 0 saturated heterocycles. The molecule has 1 amide bonds. The Morgan fingerprint density at radius 2 is 1.65 bits per heavy atom. The molecule has 0 bridgehead atoms. The smallest absolute Gasteiger partial charge is 0.255 e. The number of carbonyl (C=O) groups is 1. The third kappa shape index (κ3) is 2.82. The molecule has 2 aromatic rings. The lowest BCUT2D eigenvalue weighted by molar-refractivity contribution is 0.102. The summed E-state index contributed by atoms with van der Waals surface area (Å²) in [7, 11) is 1.87. The van der Waals surface area contributed by atoms with Crippen molar-refractivity contribution in [2.45, 2.75) is 20.8 Å². The van der Waals surface area contributed by atoms with Crippen LogP contribution in [-0.2, 0) is 0 Å². The van der Waals surface area contributed by atoms with Crippen molar-refractivity contribution in [3.05, 3.63) is 58.7 Å². The predicted molar refractivity (Wildman–Crippen MR) is 84.6 cm³/mol. The molecule has 20 heavy (non-hydrogen) atoms. The summed E-state index contributed by atoms with van der Waals surface area (Å²) in [6.07, 6.45) is 0. The van der Waals surface area contributed by atoms with Gasteiger partial charge in [0.15, 0.2) is 0 Å². The number of nitrogens with one attached hydrogen (secondary N) is 2. The van der Waals surface area contributed by atoms with Crippen LogP contribution in [0.25, 0.3) is 0 Å². The Hall–Kier alpha value is -2.29. The van der Waals surface area contributed by atoms with E-state index in [1.54, 1.807) is 0 Å². The zero-order chi connectivity index (χ0) is 14.7. The van der Waals surface area contributed by atoms with Crippen LogP contribution in [0.5, 0.6) is 0 Å². The molecule has 3 heteroatoms. The molecule has 0 atom stereocenters. The Morgan fingerprint density at radius 1 is 0.950 bits per heavy atom. The van der Waals surface area contributed by atoms with Gasteiger partial charge in [0.05, 0.1) is 0 Å². The standard InChI is InChI=1S/C17H20N2O/c1-11-8-9-14(10-12(11)2)17(20)19-16-7-5-6-15(18-4)13(16)3/h5-10,18H,1-4H3,(H,19,20). The first-order valence-electron chi connectivity index (χ1n) is 6.69. The molecule has 0 aliphatic rings. The number of hydrogen-bond donors (Lipinski definition) is 2. The molecule has 0 fully saturated rings. The van der Waals surface area contributed by atoms with Gasteiger partial charge in [-0.2, -0.15) is 0 Å². The minimum Gasteiger partial charge on any atom is -0.388 e. The van der Waals surface area contributed by atoms with E-state index in [2.05, 4.69) is 10.6 Å². The van der Waals surface area contributed by atoms with Gasteiger partial charge in [-0.05, 0) is 61.7 Å². The second kappa shape index (κ2) is 5.78. The minimum absolute atomic E-state index is 0.0792. The van der Waals surface area contributed by atoms with Crippen LogP contribution >= 0.6 is 0 Å². The molecule has 0 unspecified atom stereocenters. The van der Waals surface area contributed by atoms with Crippen molar-refractivity contribution in [2.24, 2.45) is 0 Å². The summed E-state index contributed by atoms with van der Waals surface area (Å²) in [5.41, 5.74) is 5.88. The van der Waals surface area contributed by atoms with Crippen LogP contribution in [0.3, 0.4) is 0 Å². The molecule has 0 radical (unpaired) electrons. The average Bonchev–Trinajstić information content (AvgIpc) is 2.44. The third-order valence-electron chi connectivity index (χ3n) is 3.62. The zero-order valence-electron chi connectivity index (χ0n) is 12.4. The van der Waals surface area contributed by atoms with Crippen LogP contribution in [0.15, 0.2) is 36.4 Å². The van der Waals surface area contributed by atoms with Crippen molar-refractivity contribution >= 4 is 17.3 Å². The van der Waals surface area contributed by atoms with E-state index in [9.17, 15) is 4.79 Å². The molecule has 0 spiro atoms. The monoisotopic (exact) mass is 268 g/mol. The van der Waals surface area contributed by atoms with Crippen molar-refractivity contribution in [3.63, 3.8) is 0 Å². The van der Waals surface area contributed by atoms with Crippen LogP contribution in [-0.4, -0.2) is 13.0 Å². The molecule has 0 aliphatic carbocycles. The van der Waals surface area contributed by atoms with Gasteiger partial charge in [0, 0.05) is 24.0 Å². The lowest BCUT2D eigenvalue weighted by Crippen LogP contribution is -2.13. The Bertz CT molecular complexity index is 647. The van der Waals surface area contributed by atoms with E-state index in [1.807, 2.05) is 64.2 Å². The molecule has 2 rings (SSSR count). The highest BCUT2D eigenvalue weighted by Crippen LogP contribution is 2.23. The van der Waals surface area contributed by atoms with E-state index in [0.717, 1.165) is 22.5 Å². The van der Waals surface area contributed by atoms with Gasteiger partial charge in [-0.3, -0.25) is 4.79 Å². The highest BCUT2D eigenvalue weighted by Gasteiger charge is 2.09. The molecule has 0 heterocycles. The van der Waals surface area contributed by atoms with E-state index in [4.69, 9.17) is 0 Å². The minimum atomic E-state index is -0.0792. The van der Waals surface area contributed by atoms with Gasteiger partial charge in [0.2, 0.25) is 0 Å². The molecule has 2 aromatic carbocycles. The summed E-state index contributed by atoms with van der Waals surface area (Å²) in [5.74, 6) is -0.0792. The van der Waals surface area contributed by atoms with Crippen LogP contribution < -0.4 is 10.6 Å². The number of hydrogen-bond acceptors (Lipinski definition) is 2. The molecular weight excluding hydrogens is 248 g/mol. The average molecular weight is 268 g/mol. The normalized spacial score (nSPS) is 10.2. The first kappa shape index (κ1) is 14.1. The fourth-order valence-corrected chi connectivity index (χ4v) is 2.12. The first-order chi connectivity index (χ1) is 9.52. The number of anilines is 2. The fraction of sp³-hybridized carbons (Fsp3) is 0.235. The van der Waals surface area contributed by atoms with Gasteiger partial charge < -0.3 is 10.6 Å². The van der Waals surface area contributed by atoms with Crippen molar-refractivity contribution in [3.8, 4) is 0 Å². The van der Waals surface area contributed by atoms with E-state index in [0.29, 0.717) is 5.56 Å². The number of rotatable bonds is 3.